The van der Waals surface area contributed by atoms with Crippen molar-refractivity contribution in [3.8, 4) is 0 Å². The smallest absolute Gasteiger partial charge is 0.336 e. The number of ether oxygens (including phenoxy) is 2. The molecule has 1 N–H and O–H groups in total. The summed E-state index contributed by atoms with van der Waals surface area (Å²) in [5.41, 5.74) is 0.905. The van der Waals surface area contributed by atoms with Gasteiger partial charge in [0.25, 0.3) is 0 Å². The summed E-state index contributed by atoms with van der Waals surface area (Å²) in [6.45, 7) is 3.34. The lowest BCUT2D eigenvalue weighted by molar-refractivity contribution is -0.153. The lowest BCUT2D eigenvalue weighted by Crippen LogP contribution is -2.23. The molecule has 0 aliphatic carbocycles. The van der Waals surface area contributed by atoms with Crippen LogP contribution in [0.4, 0.5) is 10.1 Å². The van der Waals surface area contributed by atoms with Gasteiger partial charge in [-0.1, -0.05) is 0 Å². The number of esters is 3. The molecule has 122 valence electrons. The Morgan fingerprint density at radius 3 is 2.52 bits per heavy atom. The van der Waals surface area contributed by atoms with Crippen molar-refractivity contribution in [2.75, 3.05) is 11.9 Å². The Bertz CT molecular complexity index is 666. The summed E-state index contributed by atoms with van der Waals surface area (Å²) in [7, 11) is 0. The van der Waals surface area contributed by atoms with Crippen molar-refractivity contribution >= 4 is 23.6 Å². The molecule has 2 rings (SSSR count). The van der Waals surface area contributed by atoms with Gasteiger partial charge in [-0.3, -0.25) is 9.59 Å². The maximum absolute atomic E-state index is 12.9. The second-order valence-corrected chi connectivity index (χ2v) is 4.94. The minimum atomic E-state index is -1.01. The zero-order chi connectivity index (χ0) is 17.0. The number of nitrogens with one attached hydrogen (secondary N) is 1. The molecule has 1 saturated heterocycles. The second kappa shape index (κ2) is 7.04. The SMILES string of the molecule is CCOC(=O)/C(=C(/C)Nc1ccc(F)cc1)C1CC(=O)OC1=O. The minimum Gasteiger partial charge on any atom is -0.463 e. The topological polar surface area (TPSA) is 81.7 Å². The van der Waals surface area contributed by atoms with Gasteiger partial charge in [0, 0.05) is 11.4 Å². The summed E-state index contributed by atoms with van der Waals surface area (Å²) in [5, 5.41) is 2.91. The van der Waals surface area contributed by atoms with Gasteiger partial charge in [0.05, 0.1) is 18.6 Å². The number of halogens is 1. The van der Waals surface area contributed by atoms with Gasteiger partial charge in [-0.05, 0) is 38.1 Å². The summed E-state index contributed by atoms with van der Waals surface area (Å²) in [6.07, 6.45) is -0.213. The third kappa shape index (κ3) is 3.94. The molecule has 0 spiro atoms. The van der Waals surface area contributed by atoms with E-state index in [0.717, 1.165) is 0 Å². The number of carbonyl (C=O) groups is 3. The lowest BCUT2D eigenvalue weighted by atomic mass is 9.95. The van der Waals surface area contributed by atoms with Crippen LogP contribution in [-0.2, 0) is 23.9 Å². The Labute approximate surface area is 132 Å². The van der Waals surface area contributed by atoms with Gasteiger partial charge in [0.1, 0.15) is 11.7 Å². The highest BCUT2D eigenvalue weighted by Crippen LogP contribution is 2.28. The molecule has 0 radical (unpaired) electrons. The molecule has 1 atom stereocenters. The zero-order valence-electron chi connectivity index (χ0n) is 12.7. The van der Waals surface area contributed by atoms with Crippen LogP contribution >= 0.6 is 0 Å². The Balaban J connectivity index is 2.34. The molecule has 0 saturated carbocycles. The van der Waals surface area contributed by atoms with Crippen LogP contribution in [0.15, 0.2) is 35.5 Å². The van der Waals surface area contributed by atoms with E-state index in [1.54, 1.807) is 13.8 Å². The highest BCUT2D eigenvalue weighted by molar-refractivity contribution is 6.04. The number of carbonyl (C=O) groups excluding carboxylic acids is 3. The molecule has 1 aliphatic rings. The summed E-state index contributed by atoms with van der Waals surface area (Å²) in [6, 6.07) is 5.49. The Morgan fingerprint density at radius 1 is 1.35 bits per heavy atom. The van der Waals surface area contributed by atoms with Crippen molar-refractivity contribution in [3.63, 3.8) is 0 Å². The predicted molar refractivity (Wildman–Crippen MR) is 78.6 cm³/mol. The average molecular weight is 321 g/mol. The molecule has 0 bridgehead atoms. The lowest BCUT2D eigenvalue weighted by Gasteiger charge is -2.15. The maximum atomic E-state index is 12.9. The van der Waals surface area contributed by atoms with Crippen LogP contribution in [-0.4, -0.2) is 24.5 Å². The number of hydrogen-bond donors (Lipinski definition) is 1. The van der Waals surface area contributed by atoms with Crippen LogP contribution in [0.2, 0.25) is 0 Å². The van der Waals surface area contributed by atoms with Gasteiger partial charge < -0.3 is 14.8 Å². The minimum absolute atomic E-state index is 0.0343. The van der Waals surface area contributed by atoms with Crippen molar-refractivity contribution in [2.45, 2.75) is 20.3 Å². The number of hydrogen-bond acceptors (Lipinski definition) is 6. The highest BCUT2D eigenvalue weighted by Gasteiger charge is 2.40. The first kappa shape index (κ1) is 16.7. The number of cyclic esters (lactones) is 2. The van der Waals surface area contributed by atoms with Gasteiger partial charge in [-0.2, -0.15) is 0 Å². The second-order valence-electron chi connectivity index (χ2n) is 4.94. The summed E-state index contributed by atoms with van der Waals surface area (Å²) >= 11 is 0. The molecule has 1 aromatic carbocycles. The third-order valence-corrected chi connectivity index (χ3v) is 3.29. The van der Waals surface area contributed by atoms with Crippen molar-refractivity contribution in [2.24, 2.45) is 5.92 Å². The van der Waals surface area contributed by atoms with Crippen LogP contribution in [0.5, 0.6) is 0 Å². The van der Waals surface area contributed by atoms with Gasteiger partial charge in [-0.15, -0.1) is 0 Å². The fourth-order valence-electron chi connectivity index (χ4n) is 2.28. The Hall–Kier alpha value is -2.70. The van der Waals surface area contributed by atoms with Crippen LogP contribution < -0.4 is 5.32 Å². The van der Waals surface area contributed by atoms with Gasteiger partial charge in [-0.25, -0.2) is 9.18 Å². The highest BCUT2D eigenvalue weighted by atomic mass is 19.1. The molecule has 0 aromatic heterocycles. The van der Waals surface area contributed by atoms with Crippen molar-refractivity contribution < 1.29 is 28.2 Å². The van der Waals surface area contributed by atoms with Crippen LogP contribution in [0, 0.1) is 11.7 Å². The standard InChI is InChI=1S/C16H16FNO5/c1-3-22-16(21)14(12-8-13(19)23-15(12)20)9(2)18-11-6-4-10(17)5-7-11/h4-7,12,18H,3,8H2,1-2H3/b14-9-. The van der Waals surface area contributed by atoms with Gasteiger partial charge >= 0.3 is 17.9 Å². The Morgan fingerprint density at radius 2 is 2.00 bits per heavy atom. The fraction of sp³-hybridized carbons (Fsp3) is 0.312. The van der Waals surface area contributed by atoms with E-state index in [-0.39, 0.29) is 18.6 Å². The molecule has 1 aromatic rings. The molecule has 1 fully saturated rings. The van der Waals surface area contributed by atoms with Crippen molar-refractivity contribution in [1.29, 1.82) is 0 Å². The quantitative estimate of drug-likeness (QED) is 0.508. The normalized spacial score (nSPS) is 18.3. The number of rotatable bonds is 5. The Kier molecular flexibility index (Phi) is 5.10. The van der Waals surface area contributed by atoms with E-state index in [4.69, 9.17) is 4.74 Å². The molecule has 6 nitrogen and oxygen atoms in total. The molecule has 1 aliphatic heterocycles. The van der Waals surface area contributed by atoms with E-state index in [9.17, 15) is 18.8 Å². The van der Waals surface area contributed by atoms with E-state index in [2.05, 4.69) is 10.1 Å². The molecule has 1 heterocycles. The number of anilines is 1. The molecule has 0 amide bonds. The van der Waals surface area contributed by atoms with Crippen LogP contribution in [0.3, 0.4) is 0 Å². The molecule has 1 unspecified atom stereocenters. The van der Waals surface area contributed by atoms with E-state index in [0.29, 0.717) is 11.4 Å². The van der Waals surface area contributed by atoms with E-state index >= 15 is 0 Å². The summed E-state index contributed by atoms with van der Waals surface area (Å²) < 4.78 is 22.4. The first-order valence-corrected chi connectivity index (χ1v) is 7.07. The average Bonchev–Trinajstić information content (AvgIpc) is 2.80. The largest absolute Gasteiger partial charge is 0.463 e. The van der Waals surface area contributed by atoms with Crippen molar-refractivity contribution in [3.05, 3.63) is 41.4 Å². The molecule has 23 heavy (non-hydrogen) atoms. The summed E-state index contributed by atoms with van der Waals surface area (Å²) in [5.74, 6) is -3.56. The maximum Gasteiger partial charge on any atom is 0.336 e. The zero-order valence-corrected chi connectivity index (χ0v) is 12.7. The van der Waals surface area contributed by atoms with Crippen LogP contribution in [0.1, 0.15) is 20.3 Å². The van der Waals surface area contributed by atoms with Gasteiger partial charge in [0.2, 0.25) is 0 Å². The van der Waals surface area contributed by atoms with E-state index < -0.39 is 29.6 Å². The monoisotopic (exact) mass is 321 g/mol. The van der Waals surface area contributed by atoms with E-state index in [1.165, 1.54) is 24.3 Å². The first-order chi connectivity index (χ1) is 10.9. The first-order valence-electron chi connectivity index (χ1n) is 7.07. The third-order valence-electron chi connectivity index (χ3n) is 3.29. The van der Waals surface area contributed by atoms with Gasteiger partial charge in [0.15, 0.2) is 0 Å². The molecular formula is C16H16FNO5. The van der Waals surface area contributed by atoms with Crippen molar-refractivity contribution in [1.82, 2.24) is 0 Å². The number of allylic oxidation sites excluding steroid dienone is 1. The predicted octanol–water partition coefficient (Wildman–Crippen LogP) is 2.16. The molecule has 7 heteroatoms. The van der Waals surface area contributed by atoms with Crippen LogP contribution in [0.25, 0.3) is 0 Å². The number of benzene rings is 1. The summed E-state index contributed by atoms with van der Waals surface area (Å²) in [4.78, 5) is 35.2. The molecular weight excluding hydrogens is 305 g/mol. The fourth-order valence-corrected chi connectivity index (χ4v) is 2.28. The van der Waals surface area contributed by atoms with E-state index in [1.807, 2.05) is 0 Å².